The van der Waals surface area contributed by atoms with Gasteiger partial charge < -0.3 is 14.6 Å². The number of nitrogens with one attached hydrogen (secondary N) is 1. The molecule has 112 valence electrons. The number of hydrogen-bond acceptors (Lipinski definition) is 4. The molecule has 1 atom stereocenters. The molecule has 0 aliphatic carbocycles. The van der Waals surface area contributed by atoms with Gasteiger partial charge in [-0.05, 0) is 24.5 Å². The van der Waals surface area contributed by atoms with Gasteiger partial charge in [0.25, 0.3) is 0 Å². The van der Waals surface area contributed by atoms with E-state index in [4.69, 9.17) is 4.74 Å². The Morgan fingerprint density at radius 2 is 2.00 bits per heavy atom. The Bertz CT molecular complexity index is 591. The summed E-state index contributed by atoms with van der Waals surface area (Å²) < 4.78 is 7.37. The van der Waals surface area contributed by atoms with E-state index in [1.165, 1.54) is 17.5 Å². The van der Waals surface area contributed by atoms with Gasteiger partial charge in [0.1, 0.15) is 11.6 Å². The third-order valence-electron chi connectivity index (χ3n) is 3.97. The van der Waals surface area contributed by atoms with Crippen LogP contribution in [0.25, 0.3) is 0 Å². The summed E-state index contributed by atoms with van der Waals surface area (Å²) in [6.07, 6.45) is 2.24. The maximum absolute atomic E-state index is 5.12. The minimum absolute atomic E-state index is 0.211. The zero-order valence-corrected chi connectivity index (χ0v) is 12.7. The van der Waals surface area contributed by atoms with Gasteiger partial charge in [0.05, 0.1) is 12.6 Å². The predicted molar refractivity (Wildman–Crippen MR) is 80.8 cm³/mol. The van der Waals surface area contributed by atoms with Gasteiger partial charge in [-0.3, -0.25) is 0 Å². The van der Waals surface area contributed by atoms with Crippen molar-refractivity contribution in [2.75, 3.05) is 7.11 Å². The van der Waals surface area contributed by atoms with Crippen molar-refractivity contribution in [3.8, 4) is 0 Å². The molecule has 0 radical (unpaired) electrons. The quantitative estimate of drug-likeness (QED) is 0.884. The summed E-state index contributed by atoms with van der Waals surface area (Å²) in [6, 6.07) is 8.72. The van der Waals surface area contributed by atoms with Crippen molar-refractivity contribution < 1.29 is 4.74 Å². The molecule has 1 unspecified atom stereocenters. The lowest BCUT2D eigenvalue weighted by atomic mass is 10.1. The standard InChI is InChI=1S/C16H22N4O/c1-12(16-19-18-15-4-3-9-20(15)16)17-10-13-5-7-14(8-6-13)11-21-2/h5-8,12,17H,3-4,9-11H2,1-2H3. The van der Waals surface area contributed by atoms with Crippen molar-refractivity contribution in [1.29, 1.82) is 0 Å². The molecule has 0 amide bonds. The van der Waals surface area contributed by atoms with Gasteiger partial charge in [-0.15, -0.1) is 10.2 Å². The first-order chi connectivity index (χ1) is 10.3. The maximum Gasteiger partial charge on any atom is 0.149 e. The lowest BCUT2D eigenvalue weighted by Gasteiger charge is -2.14. The first-order valence-electron chi connectivity index (χ1n) is 7.50. The Morgan fingerprint density at radius 3 is 2.76 bits per heavy atom. The molecule has 0 spiro atoms. The van der Waals surface area contributed by atoms with E-state index in [0.717, 1.165) is 31.2 Å². The number of methoxy groups -OCH3 is 1. The van der Waals surface area contributed by atoms with Crippen LogP contribution in [0.15, 0.2) is 24.3 Å². The second-order valence-corrected chi connectivity index (χ2v) is 5.58. The lowest BCUT2D eigenvalue weighted by Crippen LogP contribution is -2.21. The highest BCUT2D eigenvalue weighted by atomic mass is 16.5. The van der Waals surface area contributed by atoms with Crippen molar-refractivity contribution in [2.45, 2.75) is 45.5 Å². The van der Waals surface area contributed by atoms with Crippen LogP contribution in [0.5, 0.6) is 0 Å². The number of fused-ring (bicyclic) bond motifs is 1. The smallest absolute Gasteiger partial charge is 0.149 e. The molecule has 0 saturated carbocycles. The first kappa shape index (κ1) is 14.2. The summed E-state index contributed by atoms with van der Waals surface area (Å²) in [5, 5.41) is 12.1. The van der Waals surface area contributed by atoms with E-state index in [0.29, 0.717) is 6.61 Å². The van der Waals surface area contributed by atoms with Crippen LogP contribution >= 0.6 is 0 Å². The number of ether oxygens (including phenoxy) is 1. The van der Waals surface area contributed by atoms with Crippen molar-refractivity contribution >= 4 is 0 Å². The van der Waals surface area contributed by atoms with Gasteiger partial charge in [0.2, 0.25) is 0 Å². The molecule has 5 nitrogen and oxygen atoms in total. The summed E-state index contributed by atoms with van der Waals surface area (Å²) >= 11 is 0. The number of benzene rings is 1. The summed E-state index contributed by atoms with van der Waals surface area (Å²) in [5.41, 5.74) is 2.47. The predicted octanol–water partition coefficient (Wildman–Crippen LogP) is 2.22. The topological polar surface area (TPSA) is 52.0 Å². The highest BCUT2D eigenvalue weighted by Crippen LogP contribution is 2.19. The van der Waals surface area contributed by atoms with Gasteiger partial charge in [0, 0.05) is 26.6 Å². The van der Waals surface area contributed by atoms with Crippen LogP contribution in [-0.2, 0) is 30.9 Å². The van der Waals surface area contributed by atoms with Crippen LogP contribution < -0.4 is 5.32 Å². The second-order valence-electron chi connectivity index (χ2n) is 5.58. The van der Waals surface area contributed by atoms with Crippen LogP contribution in [0.4, 0.5) is 0 Å². The molecule has 0 bridgehead atoms. The summed E-state index contributed by atoms with van der Waals surface area (Å²) in [6.45, 7) is 4.69. The molecule has 1 N–H and O–H groups in total. The molecule has 21 heavy (non-hydrogen) atoms. The Kier molecular flexibility index (Phi) is 4.31. The Hall–Kier alpha value is -1.72. The third kappa shape index (κ3) is 3.14. The number of nitrogens with zero attached hydrogens (tertiary/aromatic N) is 3. The lowest BCUT2D eigenvalue weighted by molar-refractivity contribution is 0.185. The van der Waals surface area contributed by atoms with Crippen LogP contribution in [-0.4, -0.2) is 21.9 Å². The molecule has 5 heteroatoms. The normalized spacial score (nSPS) is 15.1. The van der Waals surface area contributed by atoms with Crippen molar-refractivity contribution in [2.24, 2.45) is 0 Å². The maximum atomic E-state index is 5.12. The largest absolute Gasteiger partial charge is 0.380 e. The van der Waals surface area contributed by atoms with Crippen molar-refractivity contribution in [1.82, 2.24) is 20.1 Å². The number of aryl methyl sites for hydroxylation is 1. The molecule has 1 aliphatic heterocycles. The van der Waals surface area contributed by atoms with Crippen molar-refractivity contribution in [3.63, 3.8) is 0 Å². The summed E-state index contributed by atoms with van der Waals surface area (Å²) in [7, 11) is 1.72. The number of rotatable bonds is 6. The second kappa shape index (κ2) is 6.37. The van der Waals surface area contributed by atoms with Gasteiger partial charge in [-0.25, -0.2) is 0 Å². The molecule has 3 rings (SSSR count). The highest BCUT2D eigenvalue weighted by molar-refractivity contribution is 5.22. The minimum Gasteiger partial charge on any atom is -0.380 e. The fraction of sp³-hybridized carbons (Fsp3) is 0.500. The van der Waals surface area contributed by atoms with E-state index in [-0.39, 0.29) is 6.04 Å². The van der Waals surface area contributed by atoms with E-state index < -0.39 is 0 Å². The number of hydrogen-bond donors (Lipinski definition) is 1. The Balaban J connectivity index is 1.59. The van der Waals surface area contributed by atoms with Crippen LogP contribution in [0.3, 0.4) is 0 Å². The summed E-state index contributed by atoms with van der Waals surface area (Å²) in [4.78, 5) is 0. The van der Waals surface area contributed by atoms with Crippen LogP contribution in [0.1, 0.15) is 42.2 Å². The molecule has 0 saturated heterocycles. The molecule has 1 aliphatic rings. The Labute approximate surface area is 125 Å². The van der Waals surface area contributed by atoms with Gasteiger partial charge in [-0.2, -0.15) is 0 Å². The molecular formula is C16H22N4O. The fourth-order valence-electron chi connectivity index (χ4n) is 2.78. The van der Waals surface area contributed by atoms with Gasteiger partial charge in [0.15, 0.2) is 0 Å². The minimum atomic E-state index is 0.211. The third-order valence-corrected chi connectivity index (χ3v) is 3.97. The van der Waals surface area contributed by atoms with E-state index in [2.05, 4.69) is 51.3 Å². The van der Waals surface area contributed by atoms with E-state index in [9.17, 15) is 0 Å². The van der Waals surface area contributed by atoms with Crippen LogP contribution in [0.2, 0.25) is 0 Å². The Morgan fingerprint density at radius 1 is 1.24 bits per heavy atom. The SMILES string of the molecule is COCc1ccc(CNC(C)c2nnc3n2CCC3)cc1. The monoisotopic (exact) mass is 286 g/mol. The van der Waals surface area contributed by atoms with E-state index in [1.807, 2.05) is 0 Å². The van der Waals surface area contributed by atoms with Gasteiger partial charge >= 0.3 is 0 Å². The van der Waals surface area contributed by atoms with E-state index in [1.54, 1.807) is 7.11 Å². The number of aromatic nitrogens is 3. The van der Waals surface area contributed by atoms with Crippen LogP contribution in [0, 0.1) is 0 Å². The molecular weight excluding hydrogens is 264 g/mol. The molecule has 2 aromatic rings. The average molecular weight is 286 g/mol. The summed E-state index contributed by atoms with van der Waals surface area (Å²) in [5.74, 6) is 2.18. The van der Waals surface area contributed by atoms with Crippen molar-refractivity contribution in [3.05, 3.63) is 47.0 Å². The molecule has 1 aromatic heterocycles. The first-order valence-corrected chi connectivity index (χ1v) is 7.50. The zero-order chi connectivity index (χ0) is 14.7. The fourth-order valence-corrected chi connectivity index (χ4v) is 2.78. The molecule has 1 aromatic carbocycles. The average Bonchev–Trinajstić information content (AvgIpc) is 3.09. The zero-order valence-electron chi connectivity index (χ0n) is 12.7. The molecule has 0 fully saturated rings. The van der Waals surface area contributed by atoms with E-state index >= 15 is 0 Å². The molecule has 2 heterocycles. The van der Waals surface area contributed by atoms with Gasteiger partial charge in [-0.1, -0.05) is 24.3 Å². The highest BCUT2D eigenvalue weighted by Gasteiger charge is 2.20.